The van der Waals surface area contributed by atoms with Crippen molar-refractivity contribution in [2.24, 2.45) is 4.99 Å². The van der Waals surface area contributed by atoms with Crippen LogP contribution in [0.25, 0.3) is 12.2 Å². The lowest BCUT2D eigenvalue weighted by Crippen LogP contribution is -2.38. The number of fused-ring (bicyclic) bond motifs is 1. The molecule has 4 rings (SSSR count). The maximum Gasteiger partial charge on any atom is 0.338 e. The third kappa shape index (κ3) is 4.83. The van der Waals surface area contributed by atoms with E-state index in [4.69, 9.17) is 14.2 Å². The number of benzene rings is 2. The van der Waals surface area contributed by atoms with E-state index in [9.17, 15) is 9.59 Å². The highest BCUT2D eigenvalue weighted by Gasteiger charge is 2.30. The fourth-order valence-corrected chi connectivity index (χ4v) is 5.00. The molecule has 0 bridgehead atoms. The van der Waals surface area contributed by atoms with Crippen molar-refractivity contribution >= 4 is 29.5 Å². The van der Waals surface area contributed by atoms with E-state index in [1.165, 1.54) is 11.3 Å². The Labute approximate surface area is 206 Å². The number of para-hydroxylation sites is 1. The molecule has 2 heterocycles. The predicted molar refractivity (Wildman–Crippen MR) is 136 cm³/mol. The largest absolute Gasteiger partial charge is 0.493 e. The Kier molecular flexibility index (Phi) is 7.31. The summed E-state index contributed by atoms with van der Waals surface area (Å²) >= 11 is 1.26. The third-order valence-corrected chi connectivity index (χ3v) is 6.53. The molecule has 180 valence electrons. The van der Waals surface area contributed by atoms with Gasteiger partial charge < -0.3 is 14.2 Å². The van der Waals surface area contributed by atoms with Crippen LogP contribution in [0.15, 0.2) is 75.7 Å². The molecule has 0 N–H and O–H groups in total. The molecule has 0 unspecified atom stereocenters. The summed E-state index contributed by atoms with van der Waals surface area (Å²) in [5.74, 6) is 0.614. The zero-order valence-corrected chi connectivity index (χ0v) is 20.8. The highest BCUT2D eigenvalue weighted by Crippen LogP contribution is 2.31. The van der Waals surface area contributed by atoms with Crippen LogP contribution >= 0.6 is 11.3 Å². The topological polar surface area (TPSA) is 79.1 Å². The van der Waals surface area contributed by atoms with E-state index in [2.05, 4.69) is 4.99 Å². The Bertz CT molecular complexity index is 1480. The average molecular weight is 491 g/mol. The van der Waals surface area contributed by atoms with Crippen molar-refractivity contribution in [2.75, 3.05) is 20.8 Å². The van der Waals surface area contributed by atoms with Gasteiger partial charge in [-0.1, -0.05) is 66.0 Å². The van der Waals surface area contributed by atoms with E-state index < -0.39 is 12.0 Å². The van der Waals surface area contributed by atoms with Gasteiger partial charge in [0, 0.05) is 5.56 Å². The molecule has 35 heavy (non-hydrogen) atoms. The first-order valence-electron chi connectivity index (χ1n) is 11.1. The number of aromatic nitrogens is 1. The van der Waals surface area contributed by atoms with Crippen LogP contribution in [0.2, 0.25) is 0 Å². The molecule has 3 aromatic rings. The normalized spacial score (nSPS) is 15.7. The van der Waals surface area contributed by atoms with Crippen LogP contribution in [0.5, 0.6) is 11.5 Å². The van der Waals surface area contributed by atoms with Gasteiger partial charge in [-0.05, 0) is 31.6 Å². The summed E-state index contributed by atoms with van der Waals surface area (Å²) in [5.41, 5.74) is 2.27. The van der Waals surface area contributed by atoms with E-state index in [1.807, 2.05) is 54.6 Å². The first-order chi connectivity index (χ1) is 17.0. The molecular weight excluding hydrogens is 464 g/mol. The summed E-state index contributed by atoms with van der Waals surface area (Å²) < 4.78 is 18.2. The molecule has 0 spiro atoms. The molecule has 0 saturated carbocycles. The number of nitrogens with zero attached hydrogens (tertiary/aromatic N) is 2. The Hall–Kier alpha value is -3.91. The van der Waals surface area contributed by atoms with Crippen molar-refractivity contribution in [3.8, 4) is 11.5 Å². The van der Waals surface area contributed by atoms with Crippen molar-refractivity contribution in [2.45, 2.75) is 19.9 Å². The van der Waals surface area contributed by atoms with Gasteiger partial charge in [0.2, 0.25) is 0 Å². The van der Waals surface area contributed by atoms with Crippen molar-refractivity contribution in [1.82, 2.24) is 4.57 Å². The second-order valence-corrected chi connectivity index (χ2v) is 8.71. The van der Waals surface area contributed by atoms with Crippen LogP contribution in [0, 0.1) is 0 Å². The monoisotopic (exact) mass is 490 g/mol. The second-order valence-electron chi connectivity index (χ2n) is 7.70. The maximum atomic E-state index is 13.6. The Morgan fingerprint density at radius 3 is 2.57 bits per heavy atom. The molecule has 0 saturated heterocycles. The lowest BCUT2D eigenvalue weighted by molar-refractivity contribution is -0.139. The minimum absolute atomic E-state index is 0.227. The molecule has 0 aliphatic carbocycles. The molecule has 8 heteroatoms. The van der Waals surface area contributed by atoms with Crippen molar-refractivity contribution in [3.05, 3.63) is 96.7 Å². The van der Waals surface area contributed by atoms with Crippen LogP contribution in [-0.2, 0) is 9.53 Å². The number of esters is 1. The zero-order valence-electron chi connectivity index (χ0n) is 20.0. The number of thiazole rings is 1. The van der Waals surface area contributed by atoms with Gasteiger partial charge in [-0.2, -0.15) is 0 Å². The van der Waals surface area contributed by atoms with Crippen LogP contribution in [0.3, 0.4) is 0 Å². The number of allylic oxidation sites excluding steroid dienone is 2. The number of rotatable bonds is 7. The summed E-state index contributed by atoms with van der Waals surface area (Å²) in [6.45, 7) is 3.74. The van der Waals surface area contributed by atoms with Gasteiger partial charge in [0.05, 0.1) is 42.7 Å². The lowest BCUT2D eigenvalue weighted by atomic mass is 10.0. The molecule has 0 radical (unpaired) electrons. The Morgan fingerprint density at radius 1 is 1.11 bits per heavy atom. The molecule has 7 nitrogen and oxygen atoms in total. The van der Waals surface area contributed by atoms with Gasteiger partial charge in [0.25, 0.3) is 5.56 Å². The number of ether oxygens (including phenoxy) is 3. The van der Waals surface area contributed by atoms with Gasteiger partial charge in [-0.3, -0.25) is 9.36 Å². The van der Waals surface area contributed by atoms with E-state index in [0.717, 1.165) is 5.56 Å². The molecular formula is C27H26N2O5S. The fraction of sp³-hybridized carbons (Fsp3) is 0.222. The summed E-state index contributed by atoms with van der Waals surface area (Å²) in [4.78, 5) is 31.6. The van der Waals surface area contributed by atoms with Gasteiger partial charge in [0.1, 0.15) is 0 Å². The number of carbonyl (C=O) groups is 1. The molecule has 2 aromatic carbocycles. The first-order valence-corrected chi connectivity index (χ1v) is 11.9. The number of carbonyl (C=O) groups excluding carboxylic acids is 1. The number of hydrogen-bond donors (Lipinski definition) is 0. The summed E-state index contributed by atoms with van der Waals surface area (Å²) in [5, 5.41) is 0. The van der Waals surface area contributed by atoms with E-state index >= 15 is 0 Å². The van der Waals surface area contributed by atoms with E-state index in [0.29, 0.717) is 37.7 Å². The second kappa shape index (κ2) is 10.6. The summed E-state index contributed by atoms with van der Waals surface area (Å²) in [7, 11) is 3.12. The minimum atomic E-state index is -0.653. The smallest absolute Gasteiger partial charge is 0.338 e. The molecule has 1 aliphatic rings. The quantitative estimate of drug-likeness (QED) is 0.474. The van der Waals surface area contributed by atoms with Crippen molar-refractivity contribution < 1.29 is 19.0 Å². The minimum Gasteiger partial charge on any atom is -0.493 e. The first kappa shape index (κ1) is 24.2. The van der Waals surface area contributed by atoms with Crippen LogP contribution in [0.1, 0.15) is 31.0 Å². The van der Waals surface area contributed by atoms with Crippen molar-refractivity contribution in [1.29, 1.82) is 0 Å². The summed E-state index contributed by atoms with van der Waals surface area (Å²) in [6.07, 6.45) is 5.49. The lowest BCUT2D eigenvalue weighted by Gasteiger charge is -2.21. The Balaban J connectivity index is 1.90. The van der Waals surface area contributed by atoms with Gasteiger partial charge >= 0.3 is 5.97 Å². The highest BCUT2D eigenvalue weighted by molar-refractivity contribution is 7.07. The van der Waals surface area contributed by atoms with Crippen molar-refractivity contribution in [3.63, 3.8) is 0 Å². The van der Waals surface area contributed by atoms with Gasteiger partial charge in [-0.15, -0.1) is 0 Å². The predicted octanol–water partition coefficient (Wildman–Crippen LogP) is 3.48. The molecule has 1 aliphatic heterocycles. The average Bonchev–Trinajstić information content (AvgIpc) is 3.17. The maximum absolute atomic E-state index is 13.6. The highest BCUT2D eigenvalue weighted by atomic mass is 32.1. The molecule has 1 atom stereocenters. The SMILES string of the molecule is CCOC(=O)C1=C(C)N=c2s/c(=C/c3cccc(OC)c3OC)c(=O)n2[C@H]1/C=C/c1ccccc1. The van der Waals surface area contributed by atoms with Gasteiger partial charge in [-0.25, -0.2) is 9.79 Å². The zero-order chi connectivity index (χ0) is 24.9. The van der Waals surface area contributed by atoms with Gasteiger partial charge in [0.15, 0.2) is 16.3 Å². The summed E-state index contributed by atoms with van der Waals surface area (Å²) in [6, 6.07) is 14.5. The molecule has 1 aromatic heterocycles. The third-order valence-electron chi connectivity index (χ3n) is 5.55. The standard InChI is InChI=1S/C27H26N2O5S/c1-5-34-26(31)23-17(2)28-27-29(20(23)15-14-18-10-7-6-8-11-18)25(30)22(35-27)16-19-12-9-13-21(32-3)24(19)33-4/h6-16,20H,5H2,1-4H3/b15-14+,22-16+/t20-/m0/s1. The number of methoxy groups -OCH3 is 2. The van der Waals surface area contributed by atoms with E-state index in [1.54, 1.807) is 44.8 Å². The van der Waals surface area contributed by atoms with Crippen LogP contribution in [0.4, 0.5) is 0 Å². The molecule has 0 fully saturated rings. The van der Waals surface area contributed by atoms with Crippen LogP contribution in [-0.4, -0.2) is 31.4 Å². The van der Waals surface area contributed by atoms with Crippen LogP contribution < -0.4 is 24.4 Å². The molecule has 0 amide bonds. The Morgan fingerprint density at radius 2 is 1.89 bits per heavy atom. The fourth-order valence-electron chi connectivity index (χ4n) is 3.95. The van der Waals surface area contributed by atoms with E-state index in [-0.39, 0.29) is 12.2 Å². The number of hydrogen-bond acceptors (Lipinski definition) is 7.